The Kier molecular flexibility index (Phi) is 9.47. The maximum atomic E-state index is 13.6. The van der Waals surface area contributed by atoms with Crippen LogP contribution < -0.4 is 0 Å². The summed E-state index contributed by atoms with van der Waals surface area (Å²) in [6.45, 7) is 34.0. The Balaban J connectivity index is 2.18. The molecule has 0 aromatic carbocycles. The van der Waals surface area contributed by atoms with Gasteiger partial charge in [-0.25, -0.2) is 4.79 Å². The fraction of sp³-hybridized carbons (Fsp3) is 0.853. The van der Waals surface area contributed by atoms with E-state index in [0.29, 0.717) is 12.3 Å². The van der Waals surface area contributed by atoms with Gasteiger partial charge in [0.2, 0.25) is 8.32 Å². The molecule has 2 saturated carbocycles. The van der Waals surface area contributed by atoms with Gasteiger partial charge in [-0.05, 0) is 91.2 Å². The van der Waals surface area contributed by atoms with Gasteiger partial charge in [0.05, 0.1) is 19.0 Å². The highest BCUT2D eigenvalue weighted by Crippen LogP contribution is 2.65. The van der Waals surface area contributed by atoms with Crippen molar-refractivity contribution in [3.05, 3.63) is 24.0 Å². The Bertz CT molecular complexity index is 1030. The third kappa shape index (κ3) is 6.35. The summed E-state index contributed by atoms with van der Waals surface area (Å²) in [4.78, 5) is 13.6. The van der Waals surface area contributed by atoms with Crippen molar-refractivity contribution in [3.8, 4) is 0 Å². The zero-order chi connectivity index (χ0) is 31.6. The normalized spacial score (nSPS) is 33.6. The predicted molar refractivity (Wildman–Crippen MR) is 175 cm³/mol. The molecule has 3 aliphatic carbocycles. The summed E-state index contributed by atoms with van der Waals surface area (Å²) < 4.78 is 19.4. The average molecular weight is 607 g/mol. The standard InChI is InChI=1S/C34H62O5Si2/c1-22-17-16-18-33(8,9)26-21-27(35)34(10,28(22)26)25-20-23(38-40(12,13)31(2,3)4)19-24(25)29(30(36)37-11)39-41(14,15)32(5,6)7/h20,24-29,35H,1,16-19,21H2,2-15H3/t24-,25-,26-,27+,28-,29-,34-/m1/s1. The Morgan fingerprint density at radius 2 is 1.61 bits per heavy atom. The lowest BCUT2D eigenvalue weighted by atomic mass is 9.59. The molecule has 0 amide bonds. The van der Waals surface area contributed by atoms with E-state index in [1.54, 1.807) is 0 Å². The molecule has 3 aliphatic rings. The molecule has 0 heterocycles. The van der Waals surface area contributed by atoms with Crippen LogP contribution >= 0.6 is 0 Å². The van der Waals surface area contributed by atoms with E-state index in [2.05, 4.69) is 101 Å². The summed E-state index contributed by atoms with van der Waals surface area (Å²) >= 11 is 0. The number of aliphatic hydroxyl groups is 1. The fourth-order valence-corrected chi connectivity index (χ4v) is 9.84. The molecule has 7 atom stereocenters. The fourth-order valence-electron chi connectivity index (χ4n) is 7.47. The minimum atomic E-state index is -2.34. The Hall–Kier alpha value is -0.896. The second-order valence-corrected chi connectivity index (χ2v) is 26.9. The smallest absolute Gasteiger partial charge is 0.334 e. The Morgan fingerprint density at radius 1 is 1.05 bits per heavy atom. The highest BCUT2D eigenvalue weighted by molar-refractivity contribution is 6.74. The molecular formula is C34H62O5Si2. The summed E-state index contributed by atoms with van der Waals surface area (Å²) in [7, 11) is -3.01. The summed E-state index contributed by atoms with van der Waals surface area (Å²) in [5.74, 6) is 0.849. The molecule has 41 heavy (non-hydrogen) atoms. The van der Waals surface area contributed by atoms with Crippen LogP contribution in [-0.2, 0) is 18.4 Å². The number of esters is 1. The van der Waals surface area contributed by atoms with Crippen molar-refractivity contribution in [2.75, 3.05) is 7.11 Å². The summed E-state index contributed by atoms with van der Waals surface area (Å²) in [6, 6.07) is 0. The number of carbonyl (C=O) groups excluding carboxylic acids is 1. The van der Waals surface area contributed by atoms with Gasteiger partial charge < -0.3 is 18.7 Å². The molecule has 0 spiro atoms. The van der Waals surface area contributed by atoms with E-state index in [-0.39, 0.29) is 39.2 Å². The van der Waals surface area contributed by atoms with Crippen molar-refractivity contribution < 1.29 is 23.5 Å². The van der Waals surface area contributed by atoms with Crippen molar-refractivity contribution in [2.24, 2.45) is 34.5 Å². The van der Waals surface area contributed by atoms with Gasteiger partial charge in [-0.15, -0.1) is 0 Å². The van der Waals surface area contributed by atoms with Crippen molar-refractivity contribution in [1.29, 1.82) is 0 Å². The van der Waals surface area contributed by atoms with Gasteiger partial charge in [-0.1, -0.05) is 74.5 Å². The predicted octanol–water partition coefficient (Wildman–Crippen LogP) is 8.86. The summed E-state index contributed by atoms with van der Waals surface area (Å²) in [6.07, 6.45) is 5.68. The van der Waals surface area contributed by atoms with Crippen LogP contribution in [0.1, 0.15) is 94.4 Å². The first-order valence-electron chi connectivity index (χ1n) is 15.9. The molecule has 0 aliphatic heterocycles. The van der Waals surface area contributed by atoms with Crippen molar-refractivity contribution >= 4 is 22.6 Å². The van der Waals surface area contributed by atoms with Crippen LogP contribution in [0.15, 0.2) is 24.0 Å². The minimum Gasteiger partial charge on any atom is -0.547 e. The Labute approximate surface area is 254 Å². The zero-order valence-corrected chi connectivity index (χ0v) is 30.9. The van der Waals surface area contributed by atoms with E-state index >= 15 is 0 Å². The van der Waals surface area contributed by atoms with E-state index in [0.717, 1.165) is 31.4 Å². The van der Waals surface area contributed by atoms with Crippen LogP contribution in [0.4, 0.5) is 0 Å². The number of aliphatic hydroxyl groups excluding tert-OH is 1. The third-order valence-electron chi connectivity index (χ3n) is 12.3. The molecule has 236 valence electrons. The number of hydrogen-bond acceptors (Lipinski definition) is 5. The summed E-state index contributed by atoms with van der Waals surface area (Å²) in [5, 5.41) is 12.0. The number of fused-ring (bicyclic) bond motifs is 1. The molecule has 0 unspecified atom stereocenters. The maximum Gasteiger partial charge on any atom is 0.334 e. The average Bonchev–Trinajstić information content (AvgIpc) is 3.31. The molecule has 0 radical (unpaired) electrons. The highest BCUT2D eigenvalue weighted by atomic mass is 28.4. The maximum absolute atomic E-state index is 13.6. The second kappa shape index (κ2) is 11.2. The largest absolute Gasteiger partial charge is 0.547 e. The minimum absolute atomic E-state index is 0.0439. The number of allylic oxidation sites excluding steroid dienone is 3. The number of methoxy groups -OCH3 is 1. The van der Waals surface area contributed by atoms with Gasteiger partial charge in [-0.2, -0.15) is 0 Å². The highest BCUT2D eigenvalue weighted by Gasteiger charge is 2.63. The van der Waals surface area contributed by atoms with E-state index in [1.807, 2.05) is 0 Å². The lowest BCUT2D eigenvalue weighted by molar-refractivity contribution is -0.154. The molecular weight excluding hydrogens is 545 g/mol. The summed E-state index contributed by atoms with van der Waals surface area (Å²) in [5.41, 5.74) is 0.876. The van der Waals surface area contributed by atoms with E-state index in [1.165, 1.54) is 12.7 Å². The van der Waals surface area contributed by atoms with Crippen LogP contribution in [-0.4, -0.2) is 47.0 Å². The molecule has 1 N–H and O–H groups in total. The molecule has 5 nitrogen and oxygen atoms in total. The molecule has 0 aromatic rings. The lowest BCUT2D eigenvalue weighted by Gasteiger charge is -2.47. The monoisotopic (exact) mass is 606 g/mol. The van der Waals surface area contributed by atoms with Gasteiger partial charge in [0, 0.05) is 17.8 Å². The van der Waals surface area contributed by atoms with Crippen LogP contribution in [0.5, 0.6) is 0 Å². The molecule has 0 bridgehead atoms. The van der Waals surface area contributed by atoms with Crippen LogP contribution in [0.3, 0.4) is 0 Å². The zero-order valence-electron chi connectivity index (χ0n) is 28.9. The van der Waals surface area contributed by atoms with Crippen molar-refractivity contribution in [1.82, 2.24) is 0 Å². The first-order valence-corrected chi connectivity index (χ1v) is 21.7. The van der Waals surface area contributed by atoms with Gasteiger partial charge in [0.15, 0.2) is 8.32 Å². The second-order valence-electron chi connectivity index (χ2n) is 17.4. The SMILES string of the molecule is C=C1CCCC(C)(C)[C@@H]2C[C@H](O)[C@@](C)([C@@H]3C=C(O[Si](C)(C)C(C)(C)C)C[C@H]3[C@@H](O[Si](C)(C)C(C)(C)C)C(=O)OC)[C@H]12. The molecule has 0 saturated heterocycles. The Morgan fingerprint density at radius 3 is 2.12 bits per heavy atom. The number of carbonyl (C=O) groups is 1. The molecule has 7 heteroatoms. The van der Waals surface area contributed by atoms with Crippen LogP contribution in [0.2, 0.25) is 36.3 Å². The van der Waals surface area contributed by atoms with Crippen LogP contribution in [0.25, 0.3) is 0 Å². The lowest BCUT2D eigenvalue weighted by Crippen LogP contribution is -2.52. The van der Waals surface area contributed by atoms with Crippen LogP contribution in [0, 0.1) is 34.5 Å². The van der Waals surface area contributed by atoms with E-state index in [9.17, 15) is 9.90 Å². The molecule has 0 aromatic heterocycles. The van der Waals surface area contributed by atoms with E-state index in [4.69, 9.17) is 13.6 Å². The molecule has 3 rings (SSSR count). The van der Waals surface area contributed by atoms with Crippen molar-refractivity contribution in [2.45, 2.75) is 143 Å². The van der Waals surface area contributed by atoms with Gasteiger partial charge in [-0.3, -0.25) is 0 Å². The first kappa shape index (κ1) is 34.6. The third-order valence-corrected chi connectivity index (χ3v) is 21.1. The number of rotatable bonds is 7. The van der Waals surface area contributed by atoms with Gasteiger partial charge in [0.1, 0.15) is 6.10 Å². The molecule has 2 fully saturated rings. The quantitative estimate of drug-likeness (QED) is 0.178. The number of hydrogen-bond donors (Lipinski definition) is 1. The topological polar surface area (TPSA) is 65.0 Å². The van der Waals surface area contributed by atoms with Gasteiger partial charge >= 0.3 is 5.97 Å². The number of ether oxygens (including phenoxy) is 1. The van der Waals surface area contributed by atoms with Crippen molar-refractivity contribution in [3.63, 3.8) is 0 Å². The van der Waals surface area contributed by atoms with Gasteiger partial charge in [0.25, 0.3) is 0 Å². The first-order chi connectivity index (χ1) is 18.4. The van der Waals surface area contributed by atoms with E-state index < -0.39 is 34.3 Å².